The highest BCUT2D eigenvalue weighted by Gasteiger charge is 2.27. The third kappa shape index (κ3) is 4.49. The van der Waals surface area contributed by atoms with Gasteiger partial charge in [-0.15, -0.1) is 0 Å². The minimum absolute atomic E-state index is 0.0201. The summed E-state index contributed by atoms with van der Waals surface area (Å²) in [7, 11) is 0. The monoisotopic (exact) mass is 379 g/mol. The van der Waals surface area contributed by atoms with Crippen LogP contribution in [0.4, 0.5) is 5.95 Å². The average Bonchev–Trinajstić information content (AvgIpc) is 2.74. The second-order valence-electron chi connectivity index (χ2n) is 8.15. The van der Waals surface area contributed by atoms with Gasteiger partial charge in [-0.1, -0.05) is 13.0 Å². The van der Waals surface area contributed by atoms with E-state index in [0.29, 0.717) is 6.54 Å². The van der Waals surface area contributed by atoms with Crippen LogP contribution in [0.2, 0.25) is 0 Å². The molecule has 4 rings (SSSR count). The van der Waals surface area contributed by atoms with Crippen LogP contribution in [0.1, 0.15) is 43.0 Å². The van der Waals surface area contributed by atoms with Gasteiger partial charge in [0.25, 0.3) is 0 Å². The molecule has 28 heavy (non-hydrogen) atoms. The summed E-state index contributed by atoms with van der Waals surface area (Å²) in [4.78, 5) is 28.4. The number of nitrogens with one attached hydrogen (secondary N) is 1. The molecule has 0 spiro atoms. The molecule has 1 amide bonds. The van der Waals surface area contributed by atoms with Crippen LogP contribution in [-0.2, 0) is 24.1 Å². The van der Waals surface area contributed by atoms with Crippen molar-refractivity contribution in [3.05, 3.63) is 47.5 Å². The number of hydrogen-bond acceptors (Lipinski definition) is 5. The molecule has 1 N–H and O–H groups in total. The molecule has 2 aromatic rings. The van der Waals surface area contributed by atoms with Crippen LogP contribution < -0.4 is 10.2 Å². The average molecular weight is 380 g/mol. The Balaban J connectivity index is 1.31. The fraction of sp³-hybridized carbons (Fsp3) is 0.545. The van der Waals surface area contributed by atoms with E-state index in [4.69, 9.17) is 4.98 Å². The molecular formula is C22H29N5O. The van der Waals surface area contributed by atoms with Crippen molar-refractivity contribution in [1.82, 2.24) is 20.3 Å². The lowest BCUT2D eigenvalue weighted by atomic mass is 9.86. The van der Waals surface area contributed by atoms with Crippen molar-refractivity contribution in [3.63, 3.8) is 0 Å². The molecule has 0 bridgehead atoms. The highest BCUT2D eigenvalue weighted by molar-refractivity contribution is 5.79. The summed E-state index contributed by atoms with van der Waals surface area (Å²) in [5.74, 6) is 1.83. The molecule has 0 radical (unpaired) electrons. The van der Waals surface area contributed by atoms with Crippen LogP contribution >= 0.6 is 0 Å². The van der Waals surface area contributed by atoms with E-state index in [2.05, 4.69) is 27.1 Å². The summed E-state index contributed by atoms with van der Waals surface area (Å²) < 4.78 is 0. The molecule has 148 valence electrons. The predicted molar refractivity (Wildman–Crippen MR) is 109 cm³/mol. The predicted octanol–water partition coefficient (Wildman–Crippen LogP) is 2.57. The number of aromatic nitrogens is 3. The molecular weight excluding hydrogens is 350 g/mol. The number of pyridine rings is 1. The zero-order valence-corrected chi connectivity index (χ0v) is 16.6. The van der Waals surface area contributed by atoms with E-state index in [1.165, 1.54) is 12.8 Å². The molecule has 1 fully saturated rings. The van der Waals surface area contributed by atoms with Crippen molar-refractivity contribution in [2.24, 2.45) is 11.8 Å². The van der Waals surface area contributed by atoms with E-state index in [9.17, 15) is 4.79 Å². The number of nitrogens with zero attached hydrogens (tertiary/aromatic N) is 4. The highest BCUT2D eigenvalue weighted by atomic mass is 16.1. The summed E-state index contributed by atoms with van der Waals surface area (Å²) in [6.07, 6.45) is 11.3. The molecule has 1 aliphatic heterocycles. The summed E-state index contributed by atoms with van der Waals surface area (Å²) in [6, 6.07) is 3.96. The molecule has 0 aromatic carbocycles. The van der Waals surface area contributed by atoms with Crippen LogP contribution in [0.3, 0.4) is 0 Å². The van der Waals surface area contributed by atoms with Gasteiger partial charge in [0.15, 0.2) is 0 Å². The van der Waals surface area contributed by atoms with Gasteiger partial charge in [-0.25, -0.2) is 9.97 Å². The lowest BCUT2D eigenvalue weighted by Crippen LogP contribution is -2.36. The van der Waals surface area contributed by atoms with E-state index >= 15 is 0 Å². The number of fused-ring (bicyclic) bond motifs is 1. The Morgan fingerprint density at radius 1 is 1.25 bits per heavy atom. The first-order valence-electron chi connectivity index (χ1n) is 10.5. The van der Waals surface area contributed by atoms with Crippen LogP contribution in [0.5, 0.6) is 0 Å². The van der Waals surface area contributed by atoms with E-state index in [1.807, 2.05) is 24.5 Å². The summed E-state index contributed by atoms with van der Waals surface area (Å²) >= 11 is 0. The normalized spacial score (nSPS) is 19.9. The SMILES string of the molecule is CC1CCN(c2ncc3c(n2)CC[C@H](C(=O)NCCc2cccnc2)C3)CC1. The van der Waals surface area contributed by atoms with Gasteiger partial charge >= 0.3 is 0 Å². The van der Waals surface area contributed by atoms with Gasteiger partial charge < -0.3 is 10.2 Å². The van der Waals surface area contributed by atoms with Crippen molar-refractivity contribution in [1.29, 1.82) is 0 Å². The Morgan fingerprint density at radius 2 is 2.11 bits per heavy atom. The van der Waals surface area contributed by atoms with Crippen LogP contribution in [0, 0.1) is 11.8 Å². The minimum atomic E-state index is 0.0201. The Kier molecular flexibility index (Phi) is 5.84. The first-order valence-corrected chi connectivity index (χ1v) is 10.5. The van der Waals surface area contributed by atoms with Crippen molar-refractivity contribution in [2.75, 3.05) is 24.5 Å². The van der Waals surface area contributed by atoms with Gasteiger partial charge in [-0.3, -0.25) is 9.78 Å². The first-order chi connectivity index (χ1) is 13.7. The smallest absolute Gasteiger partial charge is 0.225 e. The molecule has 6 nitrogen and oxygen atoms in total. The lowest BCUT2D eigenvalue weighted by Gasteiger charge is -2.31. The number of carbonyl (C=O) groups excluding carboxylic acids is 1. The summed E-state index contributed by atoms with van der Waals surface area (Å²) in [5, 5.41) is 3.08. The highest BCUT2D eigenvalue weighted by Crippen LogP contribution is 2.27. The van der Waals surface area contributed by atoms with Crippen molar-refractivity contribution >= 4 is 11.9 Å². The third-order valence-corrected chi connectivity index (χ3v) is 6.01. The number of hydrogen-bond donors (Lipinski definition) is 1. The van der Waals surface area contributed by atoms with Crippen molar-refractivity contribution in [3.8, 4) is 0 Å². The molecule has 2 aliphatic rings. The minimum Gasteiger partial charge on any atom is -0.356 e. The van der Waals surface area contributed by atoms with Crippen molar-refractivity contribution < 1.29 is 4.79 Å². The fourth-order valence-corrected chi connectivity index (χ4v) is 4.10. The second kappa shape index (κ2) is 8.67. The zero-order chi connectivity index (χ0) is 19.3. The van der Waals surface area contributed by atoms with Gasteiger partial charge in [-0.2, -0.15) is 0 Å². The number of anilines is 1. The Hall–Kier alpha value is -2.50. The largest absolute Gasteiger partial charge is 0.356 e. The lowest BCUT2D eigenvalue weighted by molar-refractivity contribution is -0.125. The molecule has 2 aromatic heterocycles. The maximum absolute atomic E-state index is 12.6. The number of rotatable bonds is 5. The molecule has 1 saturated heterocycles. The van der Waals surface area contributed by atoms with Crippen LogP contribution in [-0.4, -0.2) is 40.5 Å². The number of carbonyl (C=O) groups is 1. The first kappa shape index (κ1) is 18.8. The van der Waals surface area contributed by atoms with Gasteiger partial charge in [0.2, 0.25) is 11.9 Å². The van der Waals surface area contributed by atoms with Gasteiger partial charge in [-0.05, 0) is 61.6 Å². The summed E-state index contributed by atoms with van der Waals surface area (Å²) in [5.41, 5.74) is 3.40. The number of piperidine rings is 1. The van der Waals surface area contributed by atoms with Gasteiger partial charge in [0, 0.05) is 49.8 Å². The topological polar surface area (TPSA) is 71.0 Å². The fourth-order valence-electron chi connectivity index (χ4n) is 4.10. The number of aryl methyl sites for hydroxylation is 1. The van der Waals surface area contributed by atoms with E-state index in [-0.39, 0.29) is 11.8 Å². The number of amides is 1. The summed E-state index contributed by atoms with van der Waals surface area (Å²) in [6.45, 7) is 5.05. The molecule has 6 heteroatoms. The standard InChI is InChI=1S/C22H29N5O/c1-16-7-11-27(12-8-16)22-25-15-19-13-18(4-5-20(19)26-22)21(28)24-10-6-17-3-2-9-23-14-17/h2-3,9,14-16,18H,4-8,10-13H2,1H3,(H,24,28)/t18-/m0/s1. The molecule has 1 aliphatic carbocycles. The Bertz CT molecular complexity index is 802. The van der Waals surface area contributed by atoms with Crippen LogP contribution in [0.15, 0.2) is 30.7 Å². The quantitative estimate of drug-likeness (QED) is 0.865. The zero-order valence-electron chi connectivity index (χ0n) is 16.6. The van der Waals surface area contributed by atoms with Crippen molar-refractivity contribution in [2.45, 2.75) is 45.4 Å². The Labute approximate surface area is 166 Å². The second-order valence-corrected chi connectivity index (χ2v) is 8.15. The van der Waals surface area contributed by atoms with Gasteiger partial charge in [0.05, 0.1) is 0 Å². The Morgan fingerprint density at radius 3 is 2.89 bits per heavy atom. The van der Waals surface area contributed by atoms with E-state index < -0.39 is 0 Å². The maximum atomic E-state index is 12.6. The molecule has 0 unspecified atom stereocenters. The van der Waals surface area contributed by atoms with Gasteiger partial charge in [0.1, 0.15) is 0 Å². The molecule has 0 saturated carbocycles. The third-order valence-electron chi connectivity index (χ3n) is 6.01. The molecule has 1 atom stereocenters. The molecule has 3 heterocycles. The van der Waals surface area contributed by atoms with E-state index in [1.54, 1.807) is 6.20 Å². The van der Waals surface area contributed by atoms with Crippen LogP contribution in [0.25, 0.3) is 0 Å². The van der Waals surface area contributed by atoms with E-state index in [0.717, 1.165) is 67.5 Å². The maximum Gasteiger partial charge on any atom is 0.225 e.